The summed E-state index contributed by atoms with van der Waals surface area (Å²) in [6.07, 6.45) is 1.01. The molecule has 3 rings (SSSR count). The lowest BCUT2D eigenvalue weighted by Gasteiger charge is -2.18. The first-order chi connectivity index (χ1) is 6.36. The largest absolute Gasteiger partial charge is 0.333 e. The Morgan fingerprint density at radius 1 is 1.46 bits per heavy atom. The maximum absolute atomic E-state index is 9.61. The van der Waals surface area contributed by atoms with Gasteiger partial charge in [0.25, 0.3) is 8.53 Å². The summed E-state index contributed by atoms with van der Waals surface area (Å²) in [4.78, 5) is 9.61. The van der Waals surface area contributed by atoms with Crippen molar-refractivity contribution in [1.82, 2.24) is 0 Å². The molecule has 2 heterocycles. The Morgan fingerprint density at radius 3 is 3.23 bits per heavy atom. The molecular weight excluding hydrogens is 185 g/mol. The van der Waals surface area contributed by atoms with Crippen molar-refractivity contribution in [1.29, 1.82) is 0 Å². The van der Waals surface area contributed by atoms with Gasteiger partial charge in [-0.25, -0.2) is 0 Å². The number of nitrogens with zero attached hydrogens (tertiary/aromatic N) is 1. The van der Waals surface area contributed by atoms with Crippen LogP contribution in [0.1, 0.15) is 5.56 Å². The zero-order valence-corrected chi connectivity index (χ0v) is 7.95. The van der Waals surface area contributed by atoms with E-state index in [0.717, 1.165) is 12.1 Å². The maximum Gasteiger partial charge on any atom is 0.287 e. The molecule has 2 atom stereocenters. The van der Waals surface area contributed by atoms with Gasteiger partial charge in [-0.2, -0.15) is 0 Å². The van der Waals surface area contributed by atoms with Crippen molar-refractivity contribution in [3.63, 3.8) is 0 Å². The summed E-state index contributed by atoms with van der Waals surface area (Å²) in [5, 5.41) is 0. The second-order valence-corrected chi connectivity index (χ2v) is 4.57. The second-order valence-electron chi connectivity index (χ2n) is 3.38. The maximum atomic E-state index is 9.61. The fraction of sp³-hybridized carbons (Fsp3) is 0.333. The molecule has 1 saturated heterocycles. The monoisotopic (exact) mass is 195 g/mol. The minimum absolute atomic E-state index is 0.369. The van der Waals surface area contributed by atoms with E-state index >= 15 is 0 Å². The molecule has 0 radical (unpaired) electrons. The Morgan fingerprint density at radius 2 is 2.31 bits per heavy atom. The zero-order chi connectivity index (χ0) is 8.84. The molecule has 13 heavy (non-hydrogen) atoms. The van der Waals surface area contributed by atoms with E-state index < -0.39 is 8.53 Å². The van der Waals surface area contributed by atoms with Gasteiger partial charge < -0.3 is 14.1 Å². The summed E-state index contributed by atoms with van der Waals surface area (Å²) in [7, 11) is -1.36. The Labute approximate surface area is 77.9 Å². The number of hydrogen-bond acceptors (Lipinski definition) is 3. The van der Waals surface area contributed by atoms with Gasteiger partial charge in [-0.05, 0) is 18.1 Å². The topological polar surface area (TPSA) is 32.7 Å². The fourth-order valence-electron chi connectivity index (χ4n) is 2.02. The molecule has 0 amide bonds. The van der Waals surface area contributed by atoms with Gasteiger partial charge in [-0.15, -0.1) is 0 Å². The summed E-state index contributed by atoms with van der Waals surface area (Å²) in [5.41, 5.74) is 2.48. The van der Waals surface area contributed by atoms with Gasteiger partial charge in [-0.1, -0.05) is 18.2 Å². The molecule has 0 aromatic heterocycles. The van der Waals surface area contributed by atoms with Crippen LogP contribution in [0.4, 0.5) is 5.69 Å². The number of fused-ring (bicyclic) bond motifs is 3. The smallest absolute Gasteiger partial charge is 0.287 e. The van der Waals surface area contributed by atoms with Crippen molar-refractivity contribution in [3.8, 4) is 0 Å². The number of para-hydroxylation sites is 1. The SMILES string of the molecule is OP1OC[C@H]2Cc3ccccc3N21. The van der Waals surface area contributed by atoms with Crippen LogP contribution in [0.5, 0.6) is 0 Å². The van der Waals surface area contributed by atoms with Crippen molar-refractivity contribution >= 4 is 14.2 Å². The summed E-state index contributed by atoms with van der Waals surface area (Å²) >= 11 is 0. The summed E-state index contributed by atoms with van der Waals surface area (Å²) < 4.78 is 7.24. The van der Waals surface area contributed by atoms with E-state index in [1.807, 2.05) is 16.8 Å². The molecule has 0 aliphatic carbocycles. The lowest BCUT2D eigenvalue weighted by atomic mass is 10.1. The minimum atomic E-state index is -1.36. The van der Waals surface area contributed by atoms with Crippen LogP contribution in [0.2, 0.25) is 0 Å². The molecule has 2 aliphatic heterocycles. The van der Waals surface area contributed by atoms with E-state index in [1.54, 1.807) is 0 Å². The molecule has 0 spiro atoms. The van der Waals surface area contributed by atoms with Gasteiger partial charge in [0.05, 0.1) is 12.6 Å². The molecule has 0 saturated carbocycles. The molecule has 1 fully saturated rings. The van der Waals surface area contributed by atoms with Crippen molar-refractivity contribution in [2.24, 2.45) is 0 Å². The van der Waals surface area contributed by atoms with Crippen LogP contribution in [-0.4, -0.2) is 17.5 Å². The Hall–Kier alpha value is -0.630. The van der Waals surface area contributed by atoms with Crippen LogP contribution in [0.3, 0.4) is 0 Å². The van der Waals surface area contributed by atoms with Crippen LogP contribution in [-0.2, 0) is 10.9 Å². The Kier molecular flexibility index (Phi) is 1.59. The standard InChI is InChI=1S/C9H10NO2P/c11-13-10-8(6-12-13)5-7-3-1-2-4-9(7)10/h1-4,8,11H,5-6H2/t8-,13?/m1/s1. The lowest BCUT2D eigenvalue weighted by molar-refractivity contribution is 0.332. The first kappa shape index (κ1) is 7.74. The lowest BCUT2D eigenvalue weighted by Crippen LogP contribution is -2.22. The van der Waals surface area contributed by atoms with Crippen LogP contribution in [0.15, 0.2) is 24.3 Å². The highest BCUT2D eigenvalue weighted by molar-refractivity contribution is 7.48. The average Bonchev–Trinajstić information content (AvgIpc) is 2.66. The highest BCUT2D eigenvalue weighted by atomic mass is 31.2. The third-order valence-electron chi connectivity index (χ3n) is 2.61. The average molecular weight is 195 g/mol. The summed E-state index contributed by atoms with van der Waals surface area (Å²) in [5.74, 6) is 0. The normalized spacial score (nSPS) is 30.4. The number of rotatable bonds is 0. The predicted octanol–water partition coefficient (Wildman–Crippen LogP) is 1.67. The summed E-state index contributed by atoms with van der Waals surface area (Å²) in [6, 6.07) is 8.59. The van der Waals surface area contributed by atoms with E-state index in [-0.39, 0.29) is 0 Å². The second kappa shape index (κ2) is 2.68. The molecule has 1 aromatic rings. The molecule has 68 valence electrons. The van der Waals surface area contributed by atoms with E-state index in [0.29, 0.717) is 12.6 Å². The molecule has 1 unspecified atom stereocenters. The van der Waals surface area contributed by atoms with Crippen LogP contribution in [0.25, 0.3) is 0 Å². The number of hydrogen-bond donors (Lipinski definition) is 1. The van der Waals surface area contributed by atoms with Crippen LogP contribution in [0, 0.1) is 0 Å². The van der Waals surface area contributed by atoms with Crippen molar-refractivity contribution < 1.29 is 9.42 Å². The fourth-order valence-corrected chi connectivity index (χ4v) is 3.26. The highest BCUT2D eigenvalue weighted by Gasteiger charge is 2.40. The highest BCUT2D eigenvalue weighted by Crippen LogP contribution is 2.53. The third-order valence-corrected chi connectivity index (χ3v) is 3.90. The van der Waals surface area contributed by atoms with Crippen LogP contribution < -0.4 is 4.67 Å². The quantitative estimate of drug-likeness (QED) is 0.639. The minimum Gasteiger partial charge on any atom is -0.333 e. The number of anilines is 1. The molecular formula is C9H10NO2P. The Bertz CT molecular complexity index is 344. The van der Waals surface area contributed by atoms with Crippen LogP contribution >= 0.6 is 8.53 Å². The Balaban J connectivity index is 2.08. The van der Waals surface area contributed by atoms with E-state index in [1.165, 1.54) is 5.56 Å². The van der Waals surface area contributed by atoms with E-state index in [9.17, 15) is 4.89 Å². The summed E-state index contributed by atoms with van der Waals surface area (Å²) in [6.45, 7) is 0.664. The van der Waals surface area contributed by atoms with Gasteiger partial charge >= 0.3 is 0 Å². The molecule has 0 bridgehead atoms. The van der Waals surface area contributed by atoms with Gasteiger partial charge in [0.15, 0.2) is 0 Å². The molecule has 1 N–H and O–H groups in total. The van der Waals surface area contributed by atoms with Gasteiger partial charge in [0.1, 0.15) is 0 Å². The molecule has 4 heteroatoms. The van der Waals surface area contributed by atoms with Crippen molar-refractivity contribution in [3.05, 3.63) is 29.8 Å². The van der Waals surface area contributed by atoms with Gasteiger partial charge in [0.2, 0.25) is 0 Å². The van der Waals surface area contributed by atoms with Gasteiger partial charge in [0, 0.05) is 5.69 Å². The molecule has 2 aliphatic rings. The number of benzene rings is 1. The van der Waals surface area contributed by atoms with Gasteiger partial charge in [-0.3, -0.25) is 0 Å². The predicted molar refractivity (Wildman–Crippen MR) is 51.5 cm³/mol. The van der Waals surface area contributed by atoms with E-state index in [2.05, 4.69) is 12.1 Å². The first-order valence-corrected chi connectivity index (χ1v) is 5.52. The first-order valence-electron chi connectivity index (χ1n) is 4.35. The van der Waals surface area contributed by atoms with Crippen molar-refractivity contribution in [2.75, 3.05) is 11.3 Å². The third kappa shape index (κ3) is 1.01. The van der Waals surface area contributed by atoms with Crippen molar-refractivity contribution in [2.45, 2.75) is 12.5 Å². The molecule has 1 aromatic carbocycles. The molecule has 3 nitrogen and oxygen atoms in total. The van der Waals surface area contributed by atoms with E-state index in [4.69, 9.17) is 4.52 Å². The zero-order valence-electron chi connectivity index (χ0n) is 7.05.